The molecule has 0 aliphatic heterocycles. The van der Waals surface area contributed by atoms with E-state index in [1.165, 1.54) is 25.3 Å². The predicted octanol–water partition coefficient (Wildman–Crippen LogP) is 4.16. The molecule has 3 nitrogen and oxygen atoms in total. The van der Waals surface area contributed by atoms with Gasteiger partial charge in [0.1, 0.15) is 0 Å². The van der Waals surface area contributed by atoms with E-state index < -0.39 is 5.82 Å². The third kappa shape index (κ3) is 3.17. The molecule has 2 aromatic carbocycles. The van der Waals surface area contributed by atoms with E-state index in [0.717, 1.165) is 10.0 Å². The lowest BCUT2D eigenvalue weighted by Crippen LogP contribution is -2.12. The van der Waals surface area contributed by atoms with Crippen LogP contribution in [0.3, 0.4) is 0 Å². The van der Waals surface area contributed by atoms with Crippen LogP contribution in [0.25, 0.3) is 0 Å². The number of amides is 1. The van der Waals surface area contributed by atoms with Crippen LogP contribution in [0.4, 0.5) is 10.1 Å². The molecular weight excluding hydrogens is 325 g/mol. The van der Waals surface area contributed by atoms with Gasteiger partial charge in [-0.2, -0.15) is 0 Å². The van der Waals surface area contributed by atoms with Crippen LogP contribution in [0.5, 0.6) is 5.75 Å². The quantitative estimate of drug-likeness (QED) is 0.913. The van der Waals surface area contributed by atoms with Crippen molar-refractivity contribution < 1.29 is 13.9 Å². The van der Waals surface area contributed by atoms with E-state index in [1.54, 1.807) is 0 Å². The van der Waals surface area contributed by atoms with Crippen LogP contribution < -0.4 is 10.1 Å². The number of carbonyl (C=O) groups is 1. The zero-order valence-corrected chi connectivity index (χ0v) is 12.6. The number of ether oxygens (including phenoxy) is 1. The van der Waals surface area contributed by atoms with Crippen molar-refractivity contribution in [1.29, 1.82) is 0 Å². The third-order valence-electron chi connectivity index (χ3n) is 2.78. The fraction of sp³-hybridized carbons (Fsp3) is 0.133. The van der Waals surface area contributed by atoms with Gasteiger partial charge in [0.25, 0.3) is 5.91 Å². The second-order valence-electron chi connectivity index (χ2n) is 4.29. The van der Waals surface area contributed by atoms with E-state index in [9.17, 15) is 9.18 Å². The molecule has 2 rings (SSSR count). The Labute approximate surface area is 124 Å². The maximum absolute atomic E-state index is 13.3. The molecule has 104 valence electrons. The highest BCUT2D eigenvalue weighted by molar-refractivity contribution is 9.10. The minimum absolute atomic E-state index is 0.0426. The Morgan fingerprint density at radius 3 is 2.70 bits per heavy atom. The molecule has 2 aromatic rings. The number of hydrogen-bond acceptors (Lipinski definition) is 2. The molecular formula is C15H13BrFNO2. The Morgan fingerprint density at radius 2 is 2.00 bits per heavy atom. The fourth-order valence-corrected chi connectivity index (χ4v) is 2.08. The summed E-state index contributed by atoms with van der Waals surface area (Å²) in [6.45, 7) is 1.93. The van der Waals surface area contributed by atoms with Crippen molar-refractivity contribution in [2.24, 2.45) is 0 Å². The van der Waals surface area contributed by atoms with Crippen LogP contribution in [0, 0.1) is 12.7 Å². The summed E-state index contributed by atoms with van der Waals surface area (Å²) in [7, 11) is 1.36. The predicted molar refractivity (Wildman–Crippen MR) is 79.8 cm³/mol. The van der Waals surface area contributed by atoms with Crippen molar-refractivity contribution in [1.82, 2.24) is 0 Å². The van der Waals surface area contributed by atoms with Crippen molar-refractivity contribution in [3.63, 3.8) is 0 Å². The zero-order valence-electron chi connectivity index (χ0n) is 11.0. The topological polar surface area (TPSA) is 38.3 Å². The van der Waals surface area contributed by atoms with Gasteiger partial charge in [-0.05, 0) is 58.7 Å². The molecule has 1 N–H and O–H groups in total. The van der Waals surface area contributed by atoms with Crippen molar-refractivity contribution in [2.45, 2.75) is 6.92 Å². The Balaban J connectivity index is 2.26. The monoisotopic (exact) mass is 337 g/mol. The molecule has 20 heavy (non-hydrogen) atoms. The van der Waals surface area contributed by atoms with Crippen LogP contribution in [0.1, 0.15) is 15.9 Å². The smallest absolute Gasteiger partial charge is 0.255 e. The van der Waals surface area contributed by atoms with Gasteiger partial charge in [-0.25, -0.2) is 4.39 Å². The number of benzene rings is 2. The number of aryl methyl sites for hydroxylation is 1. The Hall–Kier alpha value is -1.88. The average Bonchev–Trinajstić information content (AvgIpc) is 2.43. The van der Waals surface area contributed by atoms with Gasteiger partial charge >= 0.3 is 0 Å². The highest BCUT2D eigenvalue weighted by Gasteiger charge is 2.11. The van der Waals surface area contributed by atoms with E-state index in [0.29, 0.717) is 11.3 Å². The Kier molecular flexibility index (Phi) is 4.39. The molecule has 0 bridgehead atoms. The molecule has 0 atom stereocenters. The summed E-state index contributed by atoms with van der Waals surface area (Å²) >= 11 is 3.37. The molecule has 0 saturated heterocycles. The van der Waals surface area contributed by atoms with E-state index >= 15 is 0 Å². The molecule has 0 aliphatic rings. The second-order valence-corrected chi connectivity index (χ2v) is 5.14. The summed E-state index contributed by atoms with van der Waals surface area (Å²) in [6.07, 6.45) is 0. The molecule has 0 aromatic heterocycles. The van der Waals surface area contributed by atoms with Crippen LogP contribution in [-0.4, -0.2) is 13.0 Å². The lowest BCUT2D eigenvalue weighted by Gasteiger charge is -2.09. The number of anilines is 1. The van der Waals surface area contributed by atoms with Gasteiger partial charge in [0.05, 0.1) is 12.8 Å². The first-order chi connectivity index (χ1) is 9.51. The summed E-state index contributed by atoms with van der Waals surface area (Å²) in [5.41, 5.74) is 2.02. The van der Waals surface area contributed by atoms with E-state index in [4.69, 9.17) is 4.74 Å². The number of halogens is 2. The van der Waals surface area contributed by atoms with Crippen LogP contribution >= 0.6 is 15.9 Å². The molecule has 0 radical (unpaired) electrons. The van der Waals surface area contributed by atoms with Crippen LogP contribution in [0.15, 0.2) is 40.9 Å². The highest BCUT2D eigenvalue weighted by atomic mass is 79.9. The number of hydrogen-bond donors (Lipinski definition) is 1. The van der Waals surface area contributed by atoms with Gasteiger partial charge in [0.2, 0.25) is 0 Å². The third-order valence-corrected chi connectivity index (χ3v) is 3.47. The first-order valence-electron chi connectivity index (χ1n) is 5.92. The average molecular weight is 338 g/mol. The first-order valence-corrected chi connectivity index (χ1v) is 6.71. The van der Waals surface area contributed by atoms with Gasteiger partial charge in [-0.15, -0.1) is 0 Å². The van der Waals surface area contributed by atoms with Crippen LogP contribution in [-0.2, 0) is 0 Å². The van der Waals surface area contributed by atoms with Crippen molar-refractivity contribution in [3.8, 4) is 5.75 Å². The molecule has 0 saturated carbocycles. The van der Waals surface area contributed by atoms with Crippen molar-refractivity contribution >= 4 is 27.5 Å². The standard InChI is InChI=1S/C15H13BrFNO2/c1-9-3-5-11(16)13(7-9)18-15(19)10-4-6-12(17)14(8-10)20-2/h3-8H,1-2H3,(H,18,19). The number of rotatable bonds is 3. The summed E-state index contributed by atoms with van der Waals surface area (Å²) < 4.78 is 19.0. The summed E-state index contributed by atoms with van der Waals surface area (Å²) in [5.74, 6) is -0.781. The van der Waals surface area contributed by atoms with Gasteiger partial charge in [-0.1, -0.05) is 6.07 Å². The zero-order chi connectivity index (χ0) is 14.7. The van der Waals surface area contributed by atoms with E-state index in [1.807, 2.05) is 25.1 Å². The fourth-order valence-electron chi connectivity index (χ4n) is 1.73. The number of nitrogens with one attached hydrogen (secondary N) is 1. The number of methoxy groups -OCH3 is 1. The van der Waals surface area contributed by atoms with Crippen LogP contribution in [0.2, 0.25) is 0 Å². The van der Waals surface area contributed by atoms with Crippen molar-refractivity contribution in [2.75, 3.05) is 12.4 Å². The molecule has 0 aliphatic carbocycles. The lowest BCUT2D eigenvalue weighted by molar-refractivity contribution is 0.102. The van der Waals surface area contributed by atoms with E-state index in [-0.39, 0.29) is 11.7 Å². The normalized spacial score (nSPS) is 10.2. The SMILES string of the molecule is COc1cc(C(=O)Nc2cc(C)ccc2Br)ccc1F. The molecule has 5 heteroatoms. The lowest BCUT2D eigenvalue weighted by atomic mass is 10.1. The Morgan fingerprint density at radius 1 is 1.25 bits per heavy atom. The largest absolute Gasteiger partial charge is 0.494 e. The minimum atomic E-state index is -0.499. The minimum Gasteiger partial charge on any atom is -0.494 e. The second kappa shape index (κ2) is 6.05. The Bertz CT molecular complexity index is 658. The number of carbonyl (C=O) groups excluding carboxylic acids is 1. The van der Waals surface area contributed by atoms with Gasteiger partial charge < -0.3 is 10.1 Å². The van der Waals surface area contributed by atoms with E-state index in [2.05, 4.69) is 21.2 Å². The first kappa shape index (κ1) is 14.5. The van der Waals surface area contributed by atoms with Gasteiger partial charge in [0.15, 0.2) is 11.6 Å². The molecule has 0 unspecified atom stereocenters. The molecule has 1 amide bonds. The van der Waals surface area contributed by atoms with Gasteiger partial charge in [-0.3, -0.25) is 4.79 Å². The maximum Gasteiger partial charge on any atom is 0.255 e. The highest BCUT2D eigenvalue weighted by Crippen LogP contribution is 2.25. The summed E-state index contributed by atoms with van der Waals surface area (Å²) in [4.78, 5) is 12.1. The van der Waals surface area contributed by atoms with Gasteiger partial charge in [0, 0.05) is 10.0 Å². The molecule has 0 fully saturated rings. The van der Waals surface area contributed by atoms with Crippen molar-refractivity contribution in [3.05, 3.63) is 57.8 Å². The molecule has 0 spiro atoms. The maximum atomic E-state index is 13.3. The summed E-state index contributed by atoms with van der Waals surface area (Å²) in [5, 5.41) is 2.77. The summed E-state index contributed by atoms with van der Waals surface area (Å²) in [6, 6.07) is 9.63. The molecule has 0 heterocycles.